The highest BCUT2D eigenvalue weighted by molar-refractivity contribution is 5.76. The van der Waals surface area contributed by atoms with Gasteiger partial charge in [0.1, 0.15) is 0 Å². The first kappa shape index (κ1) is 88.8. The van der Waals surface area contributed by atoms with Crippen molar-refractivity contribution in [1.82, 2.24) is 9.80 Å². The summed E-state index contributed by atoms with van der Waals surface area (Å²) in [5.74, 6) is -1.57. The maximum absolute atomic E-state index is 13.4. The number of nitrogens with zero attached hydrogens (tertiary/aromatic N) is 2. The van der Waals surface area contributed by atoms with Crippen molar-refractivity contribution < 1.29 is 38.1 Å². The molecule has 0 heterocycles. The molecular formula is C82H152N2O8. The van der Waals surface area contributed by atoms with Gasteiger partial charge in [-0.2, -0.15) is 0 Å². The Morgan fingerprint density at radius 3 is 0.511 bits per heavy atom. The molecule has 0 aliphatic rings. The Labute approximate surface area is 570 Å². The van der Waals surface area contributed by atoms with Crippen LogP contribution in [-0.2, 0) is 38.1 Å². The van der Waals surface area contributed by atoms with Crippen molar-refractivity contribution >= 4 is 23.9 Å². The van der Waals surface area contributed by atoms with E-state index in [1.54, 1.807) is 9.80 Å². The van der Waals surface area contributed by atoms with Crippen molar-refractivity contribution in [2.24, 2.45) is 0 Å². The molecule has 0 amide bonds. The van der Waals surface area contributed by atoms with E-state index in [0.29, 0.717) is 26.4 Å². The molecule has 0 aliphatic heterocycles. The van der Waals surface area contributed by atoms with Crippen molar-refractivity contribution in [3.05, 3.63) is 48.6 Å². The minimum Gasteiger partial charge on any atom is -0.465 e. The molecule has 0 saturated carbocycles. The fraction of sp³-hybridized carbons (Fsp3) is 0.854. The number of esters is 4. The van der Waals surface area contributed by atoms with Gasteiger partial charge in [-0.3, -0.25) is 29.0 Å². The van der Waals surface area contributed by atoms with Crippen LogP contribution in [0.4, 0.5) is 0 Å². The molecular weight excluding hydrogens is 1140 g/mol. The smallest absolute Gasteiger partial charge is 0.320 e. The summed E-state index contributed by atoms with van der Waals surface area (Å²) in [6, 6.07) is 0. The second-order valence-electron chi connectivity index (χ2n) is 27.1. The lowest BCUT2D eigenvalue weighted by molar-refractivity contribution is -0.152. The first-order chi connectivity index (χ1) is 45.4. The van der Waals surface area contributed by atoms with Crippen LogP contribution in [0.25, 0.3) is 0 Å². The monoisotopic (exact) mass is 1290 g/mol. The largest absolute Gasteiger partial charge is 0.465 e. The molecule has 0 unspecified atom stereocenters. The summed E-state index contributed by atoms with van der Waals surface area (Å²) >= 11 is 0. The van der Waals surface area contributed by atoms with Crippen molar-refractivity contribution in [2.75, 3.05) is 65.7 Å². The van der Waals surface area contributed by atoms with Gasteiger partial charge in [0.05, 0.1) is 52.6 Å². The zero-order valence-electron chi connectivity index (χ0n) is 61.4. The van der Waals surface area contributed by atoms with Crippen LogP contribution in [0.15, 0.2) is 48.6 Å². The summed E-state index contributed by atoms with van der Waals surface area (Å²) in [6.07, 6.45) is 86.7. The van der Waals surface area contributed by atoms with Crippen molar-refractivity contribution in [3.63, 3.8) is 0 Å². The number of hydrogen-bond donors (Lipinski definition) is 0. The third-order valence-electron chi connectivity index (χ3n) is 17.8. The van der Waals surface area contributed by atoms with Crippen LogP contribution in [0.3, 0.4) is 0 Å². The van der Waals surface area contributed by atoms with Crippen molar-refractivity contribution in [3.8, 4) is 0 Å². The lowest BCUT2D eigenvalue weighted by Gasteiger charge is -2.25. The Kier molecular flexibility index (Phi) is 74.1. The quantitative estimate of drug-likeness (QED) is 0.0253. The van der Waals surface area contributed by atoms with Gasteiger partial charge in [-0.15, -0.1) is 0 Å². The number of allylic oxidation sites excluding steroid dienone is 8. The van der Waals surface area contributed by atoms with Crippen LogP contribution < -0.4 is 0 Å². The van der Waals surface area contributed by atoms with E-state index in [0.717, 1.165) is 103 Å². The van der Waals surface area contributed by atoms with Gasteiger partial charge in [0.15, 0.2) is 0 Å². The number of hydrogen-bond acceptors (Lipinski definition) is 10. The minimum atomic E-state index is -0.393. The first-order valence-corrected chi connectivity index (χ1v) is 40.0. The first-order valence-electron chi connectivity index (χ1n) is 40.0. The van der Waals surface area contributed by atoms with Crippen LogP contribution in [0.1, 0.15) is 387 Å². The van der Waals surface area contributed by atoms with Gasteiger partial charge in [0.25, 0.3) is 0 Å². The Bertz CT molecular complexity index is 1440. The summed E-state index contributed by atoms with van der Waals surface area (Å²) in [7, 11) is 0. The van der Waals surface area contributed by atoms with E-state index < -0.39 is 23.9 Å². The Hall–Kier alpha value is -3.24. The van der Waals surface area contributed by atoms with Crippen LogP contribution >= 0.6 is 0 Å². The molecule has 0 aromatic rings. The molecule has 0 aromatic heterocycles. The normalized spacial score (nSPS) is 11.9. The van der Waals surface area contributed by atoms with E-state index in [1.807, 2.05) is 0 Å². The predicted octanol–water partition coefficient (Wildman–Crippen LogP) is 23.9. The Morgan fingerprint density at radius 2 is 0.348 bits per heavy atom. The summed E-state index contributed by atoms with van der Waals surface area (Å²) in [5, 5.41) is 0. The van der Waals surface area contributed by atoms with E-state index in [4.69, 9.17) is 18.9 Å². The highest BCUT2D eigenvalue weighted by Gasteiger charge is 2.22. The van der Waals surface area contributed by atoms with E-state index >= 15 is 0 Å². The fourth-order valence-corrected chi connectivity index (χ4v) is 11.8. The predicted molar refractivity (Wildman–Crippen MR) is 395 cm³/mol. The second kappa shape index (κ2) is 76.8. The van der Waals surface area contributed by atoms with Gasteiger partial charge in [-0.25, -0.2) is 0 Å². The molecule has 0 N–H and O–H groups in total. The Morgan fingerprint density at radius 1 is 0.207 bits per heavy atom. The molecule has 0 rings (SSSR count). The molecule has 0 spiro atoms. The Balaban J connectivity index is 5.35. The molecule has 92 heavy (non-hydrogen) atoms. The van der Waals surface area contributed by atoms with Crippen LogP contribution in [0.2, 0.25) is 0 Å². The fourth-order valence-electron chi connectivity index (χ4n) is 11.8. The maximum atomic E-state index is 13.4. The lowest BCUT2D eigenvalue weighted by Crippen LogP contribution is -2.44. The molecule has 0 aliphatic carbocycles. The molecule has 0 saturated heterocycles. The van der Waals surface area contributed by atoms with Gasteiger partial charge >= 0.3 is 23.9 Å². The van der Waals surface area contributed by atoms with Gasteiger partial charge in [-0.05, 0) is 128 Å². The van der Waals surface area contributed by atoms with Crippen LogP contribution in [0, 0.1) is 0 Å². The van der Waals surface area contributed by atoms with Gasteiger partial charge in [0, 0.05) is 13.1 Å². The topological polar surface area (TPSA) is 112 Å². The number of unbranched alkanes of at least 4 members (excludes halogenated alkanes) is 48. The zero-order chi connectivity index (χ0) is 66.6. The summed E-state index contributed by atoms with van der Waals surface area (Å²) in [5.41, 5.74) is 0. The molecule has 10 nitrogen and oxygen atoms in total. The van der Waals surface area contributed by atoms with E-state index in [9.17, 15) is 19.2 Å². The molecule has 0 bridgehead atoms. The number of carbonyl (C=O) groups excluding carboxylic acids is 4. The van der Waals surface area contributed by atoms with Gasteiger partial charge in [-0.1, -0.05) is 307 Å². The van der Waals surface area contributed by atoms with Gasteiger partial charge in [0.2, 0.25) is 0 Å². The number of ether oxygens (including phenoxy) is 4. The lowest BCUT2D eigenvalue weighted by atomic mass is 10.1. The second-order valence-corrected chi connectivity index (χ2v) is 27.1. The summed E-state index contributed by atoms with van der Waals surface area (Å²) in [6.45, 7) is 10.6. The van der Waals surface area contributed by atoms with E-state index in [1.165, 1.54) is 257 Å². The molecule has 538 valence electrons. The molecule has 0 radical (unpaired) electrons. The van der Waals surface area contributed by atoms with Crippen molar-refractivity contribution in [2.45, 2.75) is 387 Å². The van der Waals surface area contributed by atoms with E-state index in [2.05, 4.69) is 76.3 Å². The summed E-state index contributed by atoms with van der Waals surface area (Å²) in [4.78, 5) is 57.1. The average molecular weight is 1290 g/mol. The third kappa shape index (κ3) is 72.6. The molecule has 10 heteroatoms. The summed E-state index contributed by atoms with van der Waals surface area (Å²) < 4.78 is 23.0. The maximum Gasteiger partial charge on any atom is 0.320 e. The third-order valence-corrected chi connectivity index (χ3v) is 17.8. The van der Waals surface area contributed by atoms with Crippen LogP contribution in [0.5, 0.6) is 0 Å². The molecule has 0 atom stereocenters. The highest BCUT2D eigenvalue weighted by Crippen LogP contribution is 2.16. The molecule has 0 fully saturated rings. The highest BCUT2D eigenvalue weighted by atomic mass is 16.5. The van der Waals surface area contributed by atoms with Gasteiger partial charge < -0.3 is 18.9 Å². The van der Waals surface area contributed by atoms with E-state index in [-0.39, 0.29) is 39.3 Å². The average Bonchev–Trinajstić information content (AvgIpc) is 3.05. The van der Waals surface area contributed by atoms with Crippen LogP contribution in [-0.4, -0.2) is 99.4 Å². The van der Waals surface area contributed by atoms with Crippen molar-refractivity contribution in [1.29, 1.82) is 0 Å². The minimum absolute atomic E-state index is 0.0929. The number of rotatable bonds is 75. The number of carbonyl (C=O) groups is 4. The molecule has 0 aromatic carbocycles. The SMILES string of the molecule is CCCCCCCC/C=C\CCCCCCCCOC(=O)CN(CCN(CC(=O)OCCCCCCCC/C=C\CCCCCCCC)CC(=O)OCCCCCCCC/C=C\CCCCCCCC)CC(=O)OCCCCCCCC/C=C\CCCCCCCC. The zero-order valence-corrected chi connectivity index (χ0v) is 61.4. The standard InChI is InChI=1S/C82H152N2O8/c1-5-9-13-17-21-25-29-33-37-41-45-49-53-57-61-65-71-89-79(85)75-83(76-80(86)90-72-66-62-58-54-50-46-42-38-34-30-26-22-18-14-10-6-2)69-70-84(77-81(87)91-73-67-63-59-55-51-47-43-39-35-31-27-23-19-15-11-7-3)78-82(88)92-74-68-64-60-56-52-48-44-40-36-32-28-24-20-16-12-8-4/h33-40H,5-32,41-78H2,1-4H3/b37-33-,38-34-,39-35-,40-36-.